The lowest BCUT2D eigenvalue weighted by atomic mass is 9.83. The van der Waals surface area contributed by atoms with Crippen LogP contribution < -0.4 is 4.74 Å². The van der Waals surface area contributed by atoms with E-state index in [1.807, 2.05) is 0 Å². The van der Waals surface area contributed by atoms with Gasteiger partial charge in [0.2, 0.25) is 0 Å². The maximum Gasteiger partial charge on any atom is 0.119 e. The van der Waals surface area contributed by atoms with Crippen molar-refractivity contribution in [2.24, 2.45) is 11.3 Å². The number of benzene rings is 1. The lowest BCUT2D eigenvalue weighted by molar-refractivity contribution is 0.166. The topological polar surface area (TPSA) is 9.23 Å². The van der Waals surface area contributed by atoms with Crippen LogP contribution in [-0.4, -0.2) is 11.9 Å². The number of hydrogen-bond donors (Lipinski definition) is 0. The molecule has 1 unspecified atom stereocenters. The van der Waals surface area contributed by atoms with Gasteiger partial charge in [-0.1, -0.05) is 62.7 Å². The number of rotatable bonds is 5. The van der Waals surface area contributed by atoms with Crippen molar-refractivity contribution in [2.45, 2.75) is 40.5 Å². The molecule has 18 heavy (non-hydrogen) atoms. The van der Waals surface area contributed by atoms with Gasteiger partial charge in [-0.05, 0) is 29.0 Å². The summed E-state index contributed by atoms with van der Waals surface area (Å²) in [7, 11) is 0. The third-order valence-corrected chi connectivity index (χ3v) is 4.19. The molecule has 1 atom stereocenters. The van der Waals surface area contributed by atoms with Crippen molar-refractivity contribution in [2.75, 3.05) is 11.9 Å². The van der Waals surface area contributed by atoms with E-state index in [0.29, 0.717) is 11.8 Å². The zero-order valence-corrected chi connectivity index (χ0v) is 13.8. The zero-order valence-electron chi connectivity index (χ0n) is 12.2. The monoisotopic (exact) mass is 312 g/mol. The van der Waals surface area contributed by atoms with Gasteiger partial charge in [-0.15, -0.1) is 0 Å². The van der Waals surface area contributed by atoms with Gasteiger partial charge in [-0.2, -0.15) is 0 Å². The van der Waals surface area contributed by atoms with E-state index in [1.54, 1.807) is 0 Å². The third kappa shape index (κ3) is 4.64. The van der Waals surface area contributed by atoms with Crippen LogP contribution >= 0.6 is 15.9 Å². The second kappa shape index (κ2) is 6.60. The minimum atomic E-state index is 0.265. The van der Waals surface area contributed by atoms with Gasteiger partial charge in [0.25, 0.3) is 0 Å². The predicted octanol–water partition coefficient (Wildman–Crippen LogP) is 5.25. The van der Waals surface area contributed by atoms with E-state index in [-0.39, 0.29) is 5.41 Å². The molecule has 0 fully saturated rings. The minimum absolute atomic E-state index is 0.265. The first kappa shape index (κ1) is 15.6. The molecule has 0 aliphatic carbocycles. The van der Waals surface area contributed by atoms with E-state index >= 15 is 0 Å². The molecule has 0 aliphatic heterocycles. The molecule has 0 spiro atoms. The van der Waals surface area contributed by atoms with Crippen molar-refractivity contribution in [3.63, 3.8) is 0 Å². The molecule has 2 heteroatoms. The Morgan fingerprint density at radius 2 is 1.67 bits per heavy atom. The van der Waals surface area contributed by atoms with Gasteiger partial charge in [0.1, 0.15) is 5.75 Å². The van der Waals surface area contributed by atoms with Gasteiger partial charge in [0.05, 0.1) is 6.61 Å². The average Bonchev–Trinajstić information content (AvgIpc) is 2.28. The number of halogens is 1. The molecule has 102 valence electrons. The van der Waals surface area contributed by atoms with Crippen molar-refractivity contribution in [1.29, 1.82) is 0 Å². The van der Waals surface area contributed by atoms with E-state index < -0.39 is 0 Å². The number of ether oxygens (including phenoxy) is 1. The van der Waals surface area contributed by atoms with E-state index in [0.717, 1.165) is 17.7 Å². The minimum Gasteiger partial charge on any atom is -0.493 e. The van der Waals surface area contributed by atoms with Crippen LogP contribution in [0.25, 0.3) is 0 Å². The lowest BCUT2D eigenvalue weighted by Gasteiger charge is -2.29. The molecule has 0 aromatic heterocycles. The zero-order chi connectivity index (χ0) is 13.8. The van der Waals surface area contributed by atoms with Crippen LogP contribution in [0, 0.1) is 11.3 Å². The Morgan fingerprint density at radius 1 is 1.11 bits per heavy atom. The first-order valence-electron chi connectivity index (χ1n) is 6.63. The van der Waals surface area contributed by atoms with Crippen LogP contribution in [0.5, 0.6) is 5.75 Å². The van der Waals surface area contributed by atoms with Gasteiger partial charge in [-0.25, -0.2) is 0 Å². The second-order valence-electron chi connectivity index (χ2n) is 6.25. The first-order valence-corrected chi connectivity index (χ1v) is 7.75. The largest absolute Gasteiger partial charge is 0.493 e. The fourth-order valence-corrected chi connectivity index (χ4v) is 2.83. The molecular formula is C16H25BrO. The molecule has 1 aromatic rings. The Morgan fingerprint density at radius 3 is 2.06 bits per heavy atom. The Bertz CT molecular complexity index is 348. The Kier molecular flexibility index (Phi) is 5.71. The highest BCUT2D eigenvalue weighted by molar-refractivity contribution is 9.09. The van der Waals surface area contributed by atoms with Crippen molar-refractivity contribution in [3.05, 3.63) is 29.8 Å². The molecule has 0 bridgehead atoms. The summed E-state index contributed by atoms with van der Waals surface area (Å²) in [6.07, 6.45) is 0. The fourth-order valence-electron chi connectivity index (χ4n) is 1.67. The summed E-state index contributed by atoms with van der Waals surface area (Å²) in [6.45, 7) is 11.9. The highest BCUT2D eigenvalue weighted by Gasteiger charge is 2.24. The Balaban J connectivity index is 2.58. The SMILES string of the molecule is CC(C)c1ccc(OCC(CBr)C(C)(C)C)cc1. The van der Waals surface area contributed by atoms with Gasteiger partial charge in [-0.3, -0.25) is 0 Å². The number of alkyl halides is 1. The van der Waals surface area contributed by atoms with E-state index in [1.165, 1.54) is 5.56 Å². The second-order valence-corrected chi connectivity index (χ2v) is 6.90. The van der Waals surface area contributed by atoms with E-state index in [2.05, 4.69) is 74.8 Å². The summed E-state index contributed by atoms with van der Waals surface area (Å²) >= 11 is 3.58. The molecule has 1 rings (SSSR count). The van der Waals surface area contributed by atoms with Crippen molar-refractivity contribution in [3.8, 4) is 5.75 Å². The molecule has 0 saturated carbocycles. The maximum absolute atomic E-state index is 5.89. The van der Waals surface area contributed by atoms with Crippen LogP contribution in [0.4, 0.5) is 0 Å². The molecule has 0 heterocycles. The smallest absolute Gasteiger partial charge is 0.119 e. The van der Waals surface area contributed by atoms with Crippen LogP contribution in [0.15, 0.2) is 24.3 Å². The Hall–Kier alpha value is -0.500. The number of hydrogen-bond acceptors (Lipinski definition) is 1. The first-order chi connectivity index (χ1) is 8.34. The summed E-state index contributed by atoms with van der Waals surface area (Å²) in [5.74, 6) is 2.06. The quantitative estimate of drug-likeness (QED) is 0.675. The van der Waals surface area contributed by atoms with Gasteiger partial charge in [0, 0.05) is 11.2 Å². The fraction of sp³-hybridized carbons (Fsp3) is 0.625. The van der Waals surface area contributed by atoms with Gasteiger partial charge in [0.15, 0.2) is 0 Å². The molecule has 0 N–H and O–H groups in total. The standard InChI is InChI=1S/C16H25BrO/c1-12(2)13-6-8-15(9-7-13)18-11-14(10-17)16(3,4)5/h6-9,12,14H,10-11H2,1-5H3. The summed E-state index contributed by atoms with van der Waals surface area (Å²) < 4.78 is 5.89. The Labute approximate surface area is 120 Å². The molecule has 0 amide bonds. The highest BCUT2D eigenvalue weighted by atomic mass is 79.9. The molecular weight excluding hydrogens is 288 g/mol. The van der Waals surface area contributed by atoms with Crippen LogP contribution in [0.3, 0.4) is 0 Å². The van der Waals surface area contributed by atoms with Gasteiger partial charge < -0.3 is 4.74 Å². The molecule has 1 aromatic carbocycles. The molecule has 1 nitrogen and oxygen atoms in total. The predicted molar refractivity (Wildman–Crippen MR) is 82.8 cm³/mol. The average molecular weight is 313 g/mol. The molecule has 0 aliphatic rings. The van der Waals surface area contributed by atoms with Crippen LogP contribution in [0.1, 0.15) is 46.1 Å². The lowest BCUT2D eigenvalue weighted by Crippen LogP contribution is -2.27. The van der Waals surface area contributed by atoms with Gasteiger partial charge >= 0.3 is 0 Å². The molecule has 0 saturated heterocycles. The summed E-state index contributed by atoms with van der Waals surface area (Å²) in [5, 5.41) is 0.973. The van der Waals surface area contributed by atoms with Crippen LogP contribution in [0.2, 0.25) is 0 Å². The molecule has 0 radical (unpaired) electrons. The third-order valence-electron chi connectivity index (χ3n) is 3.41. The normalized spacial score (nSPS) is 13.7. The summed E-state index contributed by atoms with van der Waals surface area (Å²) in [4.78, 5) is 0. The maximum atomic E-state index is 5.89. The summed E-state index contributed by atoms with van der Waals surface area (Å²) in [5.41, 5.74) is 1.62. The van der Waals surface area contributed by atoms with E-state index in [9.17, 15) is 0 Å². The van der Waals surface area contributed by atoms with Crippen LogP contribution in [-0.2, 0) is 0 Å². The summed E-state index contributed by atoms with van der Waals surface area (Å²) in [6, 6.07) is 8.45. The van der Waals surface area contributed by atoms with Crippen molar-refractivity contribution in [1.82, 2.24) is 0 Å². The highest BCUT2D eigenvalue weighted by Crippen LogP contribution is 2.28. The van der Waals surface area contributed by atoms with E-state index in [4.69, 9.17) is 4.74 Å². The van der Waals surface area contributed by atoms with Crippen molar-refractivity contribution >= 4 is 15.9 Å². The van der Waals surface area contributed by atoms with Crippen molar-refractivity contribution < 1.29 is 4.74 Å².